The molecule has 2 aromatic rings. The van der Waals surface area contributed by atoms with Crippen LogP contribution < -0.4 is 4.90 Å². The van der Waals surface area contributed by atoms with E-state index in [9.17, 15) is 14.0 Å². The molecule has 1 aliphatic heterocycles. The normalized spacial score (nSPS) is 20.1. The summed E-state index contributed by atoms with van der Waals surface area (Å²) in [6.45, 7) is 1.99. The minimum absolute atomic E-state index is 0.0187. The highest BCUT2D eigenvalue weighted by molar-refractivity contribution is 9.10. The third kappa shape index (κ3) is 3.25. The molecule has 4 rings (SSSR count). The van der Waals surface area contributed by atoms with Gasteiger partial charge in [0, 0.05) is 40.2 Å². The van der Waals surface area contributed by atoms with Crippen molar-refractivity contribution in [1.82, 2.24) is 0 Å². The monoisotopic (exact) mass is 427 g/mol. The quantitative estimate of drug-likeness (QED) is 0.640. The maximum absolute atomic E-state index is 14.6. The van der Waals surface area contributed by atoms with Crippen LogP contribution in [0.1, 0.15) is 42.7 Å². The van der Waals surface area contributed by atoms with Crippen LogP contribution in [-0.2, 0) is 9.59 Å². The number of benzene rings is 2. The molecule has 0 saturated carbocycles. The van der Waals surface area contributed by atoms with Crippen molar-refractivity contribution in [2.75, 3.05) is 4.90 Å². The standard InChI is InChI=1S/C22H19BrFNO2/c1-13-5-8-15(9-6-13)25-19-3-2-4-20(26)22(19)17(12-21(25)27)16-11-14(23)7-10-18(16)24/h5-11,17H,2-4,12H2,1H3. The maximum Gasteiger partial charge on any atom is 0.232 e. The smallest absolute Gasteiger partial charge is 0.232 e. The van der Waals surface area contributed by atoms with Gasteiger partial charge in [0.05, 0.1) is 0 Å². The molecular formula is C22H19BrFNO2. The van der Waals surface area contributed by atoms with Crippen LogP contribution in [0.15, 0.2) is 58.2 Å². The number of aryl methyl sites for hydroxylation is 1. The van der Waals surface area contributed by atoms with E-state index in [0.29, 0.717) is 30.4 Å². The van der Waals surface area contributed by atoms with Gasteiger partial charge >= 0.3 is 0 Å². The first kappa shape index (κ1) is 18.1. The summed E-state index contributed by atoms with van der Waals surface area (Å²) in [6.07, 6.45) is 1.89. The molecular weight excluding hydrogens is 409 g/mol. The van der Waals surface area contributed by atoms with Crippen molar-refractivity contribution < 1.29 is 14.0 Å². The third-order valence-electron chi connectivity index (χ3n) is 5.30. The van der Waals surface area contributed by atoms with Gasteiger partial charge in [-0.15, -0.1) is 0 Å². The number of allylic oxidation sites excluding steroid dienone is 2. The summed E-state index contributed by atoms with van der Waals surface area (Å²) in [5.41, 5.74) is 3.60. The molecule has 0 spiro atoms. The molecule has 0 bridgehead atoms. The Kier molecular flexibility index (Phi) is 4.72. The van der Waals surface area contributed by atoms with Gasteiger partial charge in [-0.25, -0.2) is 4.39 Å². The maximum atomic E-state index is 14.6. The van der Waals surface area contributed by atoms with E-state index < -0.39 is 5.92 Å². The second kappa shape index (κ2) is 7.04. The number of Topliss-reactive ketones (excluding diaryl/α,β-unsaturated/α-hetero) is 1. The van der Waals surface area contributed by atoms with E-state index in [0.717, 1.165) is 21.4 Å². The van der Waals surface area contributed by atoms with Crippen LogP contribution in [0.5, 0.6) is 0 Å². The molecule has 1 aliphatic carbocycles. The minimum atomic E-state index is -0.528. The number of carbonyl (C=O) groups excluding carboxylic acids is 2. The average Bonchev–Trinajstić information content (AvgIpc) is 2.64. The zero-order chi connectivity index (χ0) is 19.1. The molecule has 0 saturated heterocycles. The first-order chi connectivity index (χ1) is 13.0. The molecule has 27 heavy (non-hydrogen) atoms. The van der Waals surface area contributed by atoms with Crippen molar-refractivity contribution in [3.63, 3.8) is 0 Å². The highest BCUT2D eigenvalue weighted by atomic mass is 79.9. The van der Waals surface area contributed by atoms with Crippen molar-refractivity contribution in [3.05, 3.63) is 75.2 Å². The number of halogens is 2. The van der Waals surface area contributed by atoms with Crippen molar-refractivity contribution >= 4 is 33.3 Å². The Morgan fingerprint density at radius 3 is 2.56 bits per heavy atom. The molecule has 0 aromatic heterocycles. The van der Waals surface area contributed by atoms with E-state index in [1.54, 1.807) is 17.0 Å². The van der Waals surface area contributed by atoms with Crippen LogP contribution in [-0.4, -0.2) is 11.7 Å². The van der Waals surface area contributed by atoms with Crippen LogP contribution in [0, 0.1) is 12.7 Å². The van der Waals surface area contributed by atoms with Gasteiger partial charge in [-0.2, -0.15) is 0 Å². The third-order valence-corrected chi connectivity index (χ3v) is 5.79. The summed E-state index contributed by atoms with van der Waals surface area (Å²) in [5.74, 6) is -0.994. The number of amides is 1. The van der Waals surface area contributed by atoms with E-state index >= 15 is 0 Å². The Morgan fingerprint density at radius 2 is 1.81 bits per heavy atom. The Balaban J connectivity index is 1.88. The predicted octanol–water partition coefficient (Wildman–Crippen LogP) is 5.42. The fourth-order valence-corrected chi connectivity index (χ4v) is 4.41. The average molecular weight is 428 g/mol. The highest BCUT2D eigenvalue weighted by Gasteiger charge is 2.40. The number of hydrogen-bond donors (Lipinski definition) is 0. The van der Waals surface area contributed by atoms with Gasteiger partial charge in [0.1, 0.15) is 5.82 Å². The van der Waals surface area contributed by atoms with Crippen LogP contribution in [0.3, 0.4) is 0 Å². The summed E-state index contributed by atoms with van der Waals surface area (Å²) in [4.78, 5) is 27.5. The molecule has 5 heteroatoms. The molecule has 3 nitrogen and oxygen atoms in total. The van der Waals surface area contributed by atoms with E-state index in [-0.39, 0.29) is 23.9 Å². The van der Waals surface area contributed by atoms with Crippen LogP contribution in [0.2, 0.25) is 0 Å². The molecule has 1 amide bonds. The zero-order valence-electron chi connectivity index (χ0n) is 15.0. The van der Waals surface area contributed by atoms with Gasteiger partial charge in [0.15, 0.2) is 5.78 Å². The molecule has 0 N–H and O–H groups in total. The molecule has 138 valence electrons. The van der Waals surface area contributed by atoms with Crippen molar-refractivity contribution in [2.45, 2.75) is 38.5 Å². The van der Waals surface area contributed by atoms with Gasteiger partial charge in [-0.1, -0.05) is 33.6 Å². The highest BCUT2D eigenvalue weighted by Crippen LogP contribution is 2.44. The molecule has 0 fully saturated rings. The Morgan fingerprint density at radius 1 is 1.07 bits per heavy atom. The SMILES string of the molecule is Cc1ccc(N2C(=O)CC(c3cc(Br)ccc3F)C3=C2CCCC3=O)cc1. The lowest BCUT2D eigenvalue weighted by Gasteiger charge is -2.38. The summed E-state index contributed by atoms with van der Waals surface area (Å²) in [6, 6.07) is 12.4. The number of anilines is 1. The first-order valence-corrected chi connectivity index (χ1v) is 9.86. The van der Waals surface area contributed by atoms with Gasteiger partial charge in [0.25, 0.3) is 0 Å². The summed E-state index contributed by atoms with van der Waals surface area (Å²) in [7, 11) is 0. The molecule has 2 aromatic carbocycles. The number of hydrogen-bond acceptors (Lipinski definition) is 2. The fraction of sp³-hybridized carbons (Fsp3) is 0.273. The first-order valence-electron chi connectivity index (χ1n) is 9.06. The van der Waals surface area contributed by atoms with Crippen molar-refractivity contribution in [2.24, 2.45) is 0 Å². The summed E-state index contributed by atoms with van der Waals surface area (Å²) < 4.78 is 15.3. The van der Waals surface area contributed by atoms with Crippen molar-refractivity contribution in [1.29, 1.82) is 0 Å². The minimum Gasteiger partial charge on any atom is -0.294 e. The Labute approximate surface area is 166 Å². The fourth-order valence-electron chi connectivity index (χ4n) is 4.03. The Bertz CT molecular complexity index is 965. The lowest BCUT2D eigenvalue weighted by atomic mass is 9.77. The Hall–Kier alpha value is -2.27. The van der Waals surface area contributed by atoms with Gasteiger partial charge in [0.2, 0.25) is 5.91 Å². The molecule has 0 radical (unpaired) electrons. The van der Waals surface area contributed by atoms with E-state index in [2.05, 4.69) is 15.9 Å². The number of rotatable bonds is 2. The van der Waals surface area contributed by atoms with E-state index in [1.165, 1.54) is 6.07 Å². The lowest BCUT2D eigenvalue weighted by molar-refractivity contribution is -0.119. The molecule has 2 aliphatic rings. The van der Waals surface area contributed by atoms with Crippen LogP contribution in [0.25, 0.3) is 0 Å². The second-order valence-electron chi connectivity index (χ2n) is 7.12. The molecule has 1 heterocycles. The number of ketones is 1. The summed E-state index contributed by atoms with van der Waals surface area (Å²) in [5, 5.41) is 0. The lowest BCUT2D eigenvalue weighted by Crippen LogP contribution is -2.40. The van der Waals surface area contributed by atoms with Crippen LogP contribution >= 0.6 is 15.9 Å². The molecule has 1 atom stereocenters. The topological polar surface area (TPSA) is 37.4 Å². The number of nitrogens with zero attached hydrogens (tertiary/aromatic N) is 1. The zero-order valence-corrected chi connectivity index (χ0v) is 16.6. The largest absolute Gasteiger partial charge is 0.294 e. The number of carbonyl (C=O) groups is 2. The van der Waals surface area contributed by atoms with Gasteiger partial charge < -0.3 is 0 Å². The van der Waals surface area contributed by atoms with E-state index in [4.69, 9.17) is 0 Å². The van der Waals surface area contributed by atoms with Gasteiger partial charge in [-0.05, 0) is 55.7 Å². The van der Waals surface area contributed by atoms with Crippen LogP contribution in [0.4, 0.5) is 10.1 Å². The van der Waals surface area contributed by atoms with Gasteiger partial charge in [-0.3, -0.25) is 14.5 Å². The van der Waals surface area contributed by atoms with E-state index in [1.807, 2.05) is 31.2 Å². The molecule has 1 unspecified atom stereocenters. The summed E-state index contributed by atoms with van der Waals surface area (Å²) >= 11 is 3.37. The predicted molar refractivity (Wildman–Crippen MR) is 106 cm³/mol. The second-order valence-corrected chi connectivity index (χ2v) is 8.04. The van der Waals surface area contributed by atoms with Crippen molar-refractivity contribution in [3.8, 4) is 0 Å².